The number of benzene rings is 3. The molecule has 0 aliphatic rings. The van der Waals surface area contributed by atoms with Crippen LogP contribution < -0.4 is 10.0 Å². The van der Waals surface area contributed by atoms with Gasteiger partial charge >= 0.3 is 0 Å². The number of nitrogens with zero attached hydrogens (tertiary/aromatic N) is 3. The van der Waals surface area contributed by atoms with E-state index in [0.717, 1.165) is 6.07 Å². The van der Waals surface area contributed by atoms with Crippen LogP contribution in [0.15, 0.2) is 84.0 Å². The normalized spacial score (nSPS) is 11.1. The third-order valence-electron chi connectivity index (χ3n) is 4.77. The fourth-order valence-electron chi connectivity index (χ4n) is 2.99. The minimum absolute atomic E-state index is 0.0746. The second-order valence-corrected chi connectivity index (χ2v) is 8.84. The number of nitro groups is 1. The van der Waals surface area contributed by atoms with Crippen molar-refractivity contribution in [2.45, 2.75) is 4.90 Å². The van der Waals surface area contributed by atoms with Crippen molar-refractivity contribution >= 4 is 33.0 Å². The zero-order chi connectivity index (χ0) is 25.2. The molecule has 0 atom stereocenters. The summed E-state index contributed by atoms with van der Waals surface area (Å²) >= 11 is 0. The number of hydrogen-bond acceptors (Lipinski definition) is 6. The highest BCUT2D eigenvalue weighted by Crippen LogP contribution is 2.21. The van der Waals surface area contributed by atoms with Crippen LogP contribution in [-0.4, -0.2) is 29.0 Å². The van der Waals surface area contributed by atoms with Gasteiger partial charge in [-0.25, -0.2) is 21.9 Å². The molecule has 2 N–H and O–H groups in total. The van der Waals surface area contributed by atoms with Crippen LogP contribution in [0.4, 0.5) is 25.8 Å². The summed E-state index contributed by atoms with van der Waals surface area (Å²) in [5, 5.41) is 17.5. The van der Waals surface area contributed by atoms with E-state index in [1.165, 1.54) is 65.6 Å². The van der Waals surface area contributed by atoms with Crippen molar-refractivity contribution < 1.29 is 26.9 Å². The van der Waals surface area contributed by atoms with Crippen molar-refractivity contribution in [1.82, 2.24) is 9.78 Å². The number of amides is 1. The number of aromatic nitrogens is 2. The van der Waals surface area contributed by atoms with Crippen LogP contribution >= 0.6 is 0 Å². The first-order valence-corrected chi connectivity index (χ1v) is 11.3. The van der Waals surface area contributed by atoms with Crippen molar-refractivity contribution in [1.29, 1.82) is 0 Å². The molecule has 0 bridgehead atoms. The largest absolute Gasteiger partial charge is 0.322 e. The van der Waals surface area contributed by atoms with Crippen molar-refractivity contribution in [3.05, 3.63) is 106 Å². The average Bonchev–Trinajstić information content (AvgIpc) is 3.32. The summed E-state index contributed by atoms with van der Waals surface area (Å²) in [7, 11) is -4.15. The Bertz CT molecular complexity index is 1520. The van der Waals surface area contributed by atoms with Crippen LogP contribution in [0.2, 0.25) is 0 Å². The Hall–Kier alpha value is -4.65. The zero-order valence-electron chi connectivity index (χ0n) is 17.6. The van der Waals surface area contributed by atoms with E-state index in [-0.39, 0.29) is 16.9 Å². The molecule has 1 aromatic heterocycles. The first kappa shape index (κ1) is 23.5. The van der Waals surface area contributed by atoms with E-state index in [2.05, 4.69) is 15.1 Å². The smallest absolute Gasteiger partial charge is 0.269 e. The Morgan fingerprint density at radius 2 is 1.60 bits per heavy atom. The fraction of sp³-hybridized carbons (Fsp3) is 0. The van der Waals surface area contributed by atoms with E-state index < -0.39 is 37.4 Å². The molecule has 0 saturated carbocycles. The predicted octanol–water partition coefficient (Wildman–Crippen LogP) is 4.11. The van der Waals surface area contributed by atoms with Gasteiger partial charge in [0.15, 0.2) is 11.6 Å². The Balaban J connectivity index is 1.42. The lowest BCUT2D eigenvalue weighted by molar-refractivity contribution is -0.384. The minimum Gasteiger partial charge on any atom is -0.322 e. The number of sulfonamides is 1. The standard InChI is InChI=1S/C22H15F2N5O5S/c23-20-10-9-19(11-21(20)24)35(33,34)27-16-3-1-15(2-4-16)26-22(30)14-12-25-28(13-14)17-5-7-18(8-6-17)29(31)32/h1-13,27H,(H,26,30). The lowest BCUT2D eigenvalue weighted by Gasteiger charge is -2.09. The van der Waals surface area contributed by atoms with Crippen LogP contribution in [0.25, 0.3) is 5.69 Å². The summed E-state index contributed by atoms with van der Waals surface area (Å²) in [6.07, 6.45) is 2.77. The summed E-state index contributed by atoms with van der Waals surface area (Å²) in [4.78, 5) is 22.3. The molecule has 0 radical (unpaired) electrons. The highest BCUT2D eigenvalue weighted by atomic mass is 32.2. The second-order valence-electron chi connectivity index (χ2n) is 7.16. The molecular weight excluding hydrogens is 484 g/mol. The molecule has 4 rings (SSSR count). The Labute approximate surface area is 197 Å². The summed E-state index contributed by atoms with van der Waals surface area (Å²) in [6.45, 7) is 0. The number of non-ortho nitro benzene ring substituents is 1. The van der Waals surface area contributed by atoms with E-state index in [1.54, 1.807) is 0 Å². The number of halogens is 2. The van der Waals surface area contributed by atoms with Crippen LogP contribution in [0, 0.1) is 21.7 Å². The molecule has 0 unspecified atom stereocenters. The van der Waals surface area contributed by atoms with E-state index in [1.807, 2.05) is 0 Å². The van der Waals surface area contributed by atoms with Crippen molar-refractivity contribution in [2.75, 3.05) is 10.0 Å². The van der Waals surface area contributed by atoms with Crippen molar-refractivity contribution in [2.24, 2.45) is 0 Å². The maximum atomic E-state index is 13.4. The molecule has 1 heterocycles. The van der Waals surface area contributed by atoms with Gasteiger partial charge in [-0.3, -0.25) is 19.6 Å². The highest BCUT2D eigenvalue weighted by molar-refractivity contribution is 7.92. The summed E-state index contributed by atoms with van der Waals surface area (Å²) in [5.41, 5.74) is 1.15. The Morgan fingerprint density at radius 1 is 0.943 bits per heavy atom. The molecule has 10 nitrogen and oxygen atoms in total. The van der Waals surface area contributed by atoms with Gasteiger partial charge in [-0.1, -0.05) is 0 Å². The van der Waals surface area contributed by atoms with Gasteiger partial charge in [0.25, 0.3) is 21.6 Å². The number of hydrogen-bond donors (Lipinski definition) is 2. The number of nitro benzene ring substituents is 1. The molecule has 0 aliphatic heterocycles. The topological polar surface area (TPSA) is 136 Å². The van der Waals surface area contributed by atoms with E-state index in [0.29, 0.717) is 23.5 Å². The number of carbonyl (C=O) groups is 1. The van der Waals surface area contributed by atoms with Crippen LogP contribution in [0.3, 0.4) is 0 Å². The second kappa shape index (κ2) is 9.30. The van der Waals surface area contributed by atoms with Gasteiger partial charge in [0.05, 0.1) is 27.3 Å². The fourth-order valence-corrected chi connectivity index (χ4v) is 4.06. The predicted molar refractivity (Wildman–Crippen MR) is 122 cm³/mol. The lowest BCUT2D eigenvalue weighted by atomic mass is 10.2. The quantitative estimate of drug-likeness (QED) is 0.290. The molecule has 0 fully saturated rings. The minimum atomic E-state index is -4.15. The summed E-state index contributed by atoms with van der Waals surface area (Å²) in [6, 6.07) is 13.5. The van der Waals surface area contributed by atoms with Gasteiger partial charge in [0.1, 0.15) is 0 Å². The monoisotopic (exact) mass is 499 g/mol. The molecule has 178 valence electrons. The van der Waals surface area contributed by atoms with Crippen molar-refractivity contribution in [3.8, 4) is 5.69 Å². The van der Waals surface area contributed by atoms with Gasteiger partial charge in [-0.05, 0) is 54.6 Å². The molecule has 13 heteroatoms. The maximum absolute atomic E-state index is 13.4. The van der Waals surface area contributed by atoms with Gasteiger partial charge in [0.2, 0.25) is 0 Å². The zero-order valence-corrected chi connectivity index (χ0v) is 18.4. The first-order valence-electron chi connectivity index (χ1n) is 9.81. The number of anilines is 2. The third kappa shape index (κ3) is 5.30. The van der Waals surface area contributed by atoms with Gasteiger partial charge in [-0.2, -0.15) is 5.10 Å². The molecule has 1 amide bonds. The Kier molecular flexibility index (Phi) is 6.25. The van der Waals surface area contributed by atoms with Gasteiger partial charge in [-0.15, -0.1) is 0 Å². The molecule has 0 saturated heterocycles. The third-order valence-corrected chi connectivity index (χ3v) is 6.15. The summed E-state index contributed by atoms with van der Waals surface area (Å²) in [5.74, 6) is -2.95. The van der Waals surface area contributed by atoms with E-state index in [4.69, 9.17) is 0 Å². The molecule has 3 aromatic carbocycles. The first-order chi connectivity index (χ1) is 16.6. The van der Waals surface area contributed by atoms with Gasteiger partial charge < -0.3 is 5.32 Å². The molecule has 0 spiro atoms. The van der Waals surface area contributed by atoms with Crippen molar-refractivity contribution in [3.63, 3.8) is 0 Å². The van der Waals surface area contributed by atoms with Gasteiger partial charge in [0, 0.05) is 29.7 Å². The number of nitrogens with one attached hydrogen (secondary N) is 2. The number of rotatable bonds is 7. The average molecular weight is 499 g/mol. The highest BCUT2D eigenvalue weighted by Gasteiger charge is 2.17. The molecule has 4 aromatic rings. The molecule has 0 aliphatic carbocycles. The van der Waals surface area contributed by atoms with Crippen LogP contribution in [0.1, 0.15) is 10.4 Å². The lowest BCUT2D eigenvalue weighted by Crippen LogP contribution is -2.14. The number of carbonyl (C=O) groups excluding carboxylic acids is 1. The van der Waals surface area contributed by atoms with Crippen LogP contribution in [-0.2, 0) is 10.0 Å². The van der Waals surface area contributed by atoms with E-state index >= 15 is 0 Å². The maximum Gasteiger partial charge on any atom is 0.269 e. The summed E-state index contributed by atoms with van der Waals surface area (Å²) < 4.78 is 54.8. The van der Waals surface area contributed by atoms with Crippen LogP contribution in [0.5, 0.6) is 0 Å². The molecule has 35 heavy (non-hydrogen) atoms. The Morgan fingerprint density at radius 3 is 2.23 bits per heavy atom. The molecular formula is C22H15F2N5O5S. The van der Waals surface area contributed by atoms with E-state index in [9.17, 15) is 32.1 Å². The SMILES string of the molecule is O=C(Nc1ccc(NS(=O)(=O)c2ccc(F)c(F)c2)cc1)c1cnn(-c2ccc([N+](=O)[O-])cc2)c1.